The quantitative estimate of drug-likeness (QED) is 0.690. The van der Waals surface area contributed by atoms with Gasteiger partial charge in [-0.15, -0.1) is 0 Å². The number of para-hydroxylation sites is 1. The molecule has 0 aliphatic heterocycles. The number of rotatable bonds is 2. The molecular formula is C18H15BrN2O. The van der Waals surface area contributed by atoms with Crippen molar-refractivity contribution in [3.63, 3.8) is 0 Å². The molecule has 0 heterocycles. The van der Waals surface area contributed by atoms with Gasteiger partial charge in [0.1, 0.15) is 0 Å². The Hall–Kier alpha value is -2.33. The third kappa shape index (κ3) is 2.46. The largest absolute Gasteiger partial charge is 0.398 e. The molecular weight excluding hydrogens is 340 g/mol. The molecule has 0 aliphatic carbocycles. The van der Waals surface area contributed by atoms with Gasteiger partial charge in [-0.25, -0.2) is 0 Å². The van der Waals surface area contributed by atoms with E-state index in [2.05, 4.69) is 15.9 Å². The van der Waals surface area contributed by atoms with E-state index in [9.17, 15) is 4.79 Å². The first-order valence-electron chi connectivity index (χ1n) is 6.89. The number of hydrogen-bond acceptors (Lipinski definition) is 2. The SMILES string of the molecule is CN(C(=O)c1ccccc1N)c1c(Br)ccc2ccccc12. The highest BCUT2D eigenvalue weighted by Crippen LogP contribution is 2.35. The average Bonchev–Trinajstić information content (AvgIpc) is 2.54. The van der Waals surface area contributed by atoms with E-state index in [0.717, 1.165) is 20.9 Å². The van der Waals surface area contributed by atoms with E-state index in [1.807, 2.05) is 48.5 Å². The fourth-order valence-electron chi connectivity index (χ4n) is 2.54. The second-order valence-electron chi connectivity index (χ2n) is 5.07. The van der Waals surface area contributed by atoms with Gasteiger partial charge in [-0.1, -0.05) is 42.5 Å². The highest BCUT2D eigenvalue weighted by molar-refractivity contribution is 9.10. The van der Waals surface area contributed by atoms with Gasteiger partial charge in [-0.2, -0.15) is 0 Å². The molecule has 3 aromatic rings. The normalized spacial score (nSPS) is 10.6. The fraction of sp³-hybridized carbons (Fsp3) is 0.0556. The third-order valence-corrected chi connectivity index (χ3v) is 4.32. The third-order valence-electron chi connectivity index (χ3n) is 3.68. The van der Waals surface area contributed by atoms with Crippen molar-refractivity contribution in [3.05, 3.63) is 70.7 Å². The van der Waals surface area contributed by atoms with Gasteiger partial charge in [0.15, 0.2) is 0 Å². The van der Waals surface area contributed by atoms with E-state index >= 15 is 0 Å². The number of fused-ring (bicyclic) bond motifs is 1. The van der Waals surface area contributed by atoms with E-state index in [1.165, 1.54) is 0 Å². The molecule has 3 aromatic carbocycles. The molecule has 4 heteroatoms. The van der Waals surface area contributed by atoms with Gasteiger partial charge in [0.05, 0.1) is 11.3 Å². The second-order valence-corrected chi connectivity index (χ2v) is 5.92. The Balaban J connectivity index is 2.13. The summed E-state index contributed by atoms with van der Waals surface area (Å²) in [7, 11) is 1.77. The highest BCUT2D eigenvalue weighted by Gasteiger charge is 2.19. The molecule has 0 radical (unpaired) electrons. The van der Waals surface area contributed by atoms with Crippen molar-refractivity contribution in [2.24, 2.45) is 0 Å². The van der Waals surface area contributed by atoms with Gasteiger partial charge in [0.2, 0.25) is 0 Å². The summed E-state index contributed by atoms with van der Waals surface area (Å²) in [6, 6.07) is 19.1. The fourth-order valence-corrected chi connectivity index (χ4v) is 3.16. The van der Waals surface area contributed by atoms with Crippen LogP contribution in [-0.4, -0.2) is 13.0 Å². The maximum atomic E-state index is 12.8. The van der Waals surface area contributed by atoms with Crippen LogP contribution in [0.1, 0.15) is 10.4 Å². The predicted octanol–water partition coefficient (Wildman–Crippen LogP) is 4.46. The minimum absolute atomic E-state index is 0.129. The summed E-state index contributed by atoms with van der Waals surface area (Å²) in [5.74, 6) is -0.129. The lowest BCUT2D eigenvalue weighted by Gasteiger charge is -2.21. The van der Waals surface area contributed by atoms with Crippen molar-refractivity contribution >= 4 is 44.0 Å². The van der Waals surface area contributed by atoms with Gasteiger partial charge in [-0.05, 0) is 39.5 Å². The summed E-state index contributed by atoms with van der Waals surface area (Å²) in [6.07, 6.45) is 0. The first-order valence-corrected chi connectivity index (χ1v) is 7.68. The van der Waals surface area contributed by atoms with Crippen LogP contribution in [0.25, 0.3) is 10.8 Å². The number of amides is 1. The van der Waals surface area contributed by atoms with Crippen LogP contribution in [0.5, 0.6) is 0 Å². The Morgan fingerprint density at radius 2 is 1.68 bits per heavy atom. The van der Waals surface area contributed by atoms with Crippen molar-refractivity contribution in [2.45, 2.75) is 0 Å². The Kier molecular flexibility index (Phi) is 3.86. The Morgan fingerprint density at radius 3 is 2.45 bits per heavy atom. The average molecular weight is 355 g/mol. The summed E-state index contributed by atoms with van der Waals surface area (Å²) < 4.78 is 0.872. The van der Waals surface area contributed by atoms with Gasteiger partial charge in [0, 0.05) is 22.6 Å². The minimum Gasteiger partial charge on any atom is -0.398 e. The van der Waals surface area contributed by atoms with E-state index in [-0.39, 0.29) is 5.91 Å². The zero-order valence-corrected chi connectivity index (χ0v) is 13.7. The van der Waals surface area contributed by atoms with Crippen LogP contribution < -0.4 is 10.6 Å². The summed E-state index contributed by atoms with van der Waals surface area (Å²) >= 11 is 3.55. The molecule has 0 fully saturated rings. The molecule has 0 atom stereocenters. The van der Waals surface area contributed by atoms with Crippen molar-refractivity contribution in [3.8, 4) is 0 Å². The summed E-state index contributed by atoms with van der Waals surface area (Å²) in [5, 5.41) is 2.10. The number of nitrogen functional groups attached to an aromatic ring is 1. The van der Waals surface area contributed by atoms with Crippen LogP contribution in [0.15, 0.2) is 65.1 Å². The molecule has 1 amide bonds. The number of benzene rings is 3. The van der Waals surface area contributed by atoms with Crippen molar-refractivity contribution < 1.29 is 4.79 Å². The molecule has 22 heavy (non-hydrogen) atoms. The molecule has 0 spiro atoms. The second kappa shape index (κ2) is 5.81. The van der Waals surface area contributed by atoms with Crippen LogP contribution in [0.3, 0.4) is 0 Å². The van der Waals surface area contributed by atoms with Gasteiger partial charge >= 0.3 is 0 Å². The highest BCUT2D eigenvalue weighted by atomic mass is 79.9. The molecule has 0 saturated heterocycles. The molecule has 0 aromatic heterocycles. The molecule has 2 N–H and O–H groups in total. The number of carbonyl (C=O) groups excluding carboxylic acids is 1. The molecule has 0 bridgehead atoms. The number of anilines is 2. The lowest BCUT2D eigenvalue weighted by Crippen LogP contribution is -2.27. The molecule has 3 rings (SSSR count). The van der Waals surface area contributed by atoms with Crippen molar-refractivity contribution in [1.82, 2.24) is 0 Å². The van der Waals surface area contributed by atoms with Crippen LogP contribution in [0.4, 0.5) is 11.4 Å². The van der Waals surface area contributed by atoms with Crippen LogP contribution in [0.2, 0.25) is 0 Å². The molecule has 0 saturated carbocycles. The zero-order valence-electron chi connectivity index (χ0n) is 12.1. The van der Waals surface area contributed by atoms with E-state index in [0.29, 0.717) is 11.3 Å². The van der Waals surface area contributed by atoms with Gasteiger partial charge < -0.3 is 10.6 Å². The number of halogens is 1. The summed E-state index contributed by atoms with van der Waals surface area (Å²) in [5.41, 5.74) is 7.75. The maximum Gasteiger partial charge on any atom is 0.260 e. The van der Waals surface area contributed by atoms with Crippen LogP contribution in [0, 0.1) is 0 Å². The summed E-state index contributed by atoms with van der Waals surface area (Å²) in [6.45, 7) is 0. The number of nitrogens with two attached hydrogens (primary N) is 1. The first-order chi connectivity index (χ1) is 10.6. The van der Waals surface area contributed by atoms with Crippen molar-refractivity contribution in [1.29, 1.82) is 0 Å². The monoisotopic (exact) mass is 354 g/mol. The van der Waals surface area contributed by atoms with E-state index < -0.39 is 0 Å². The van der Waals surface area contributed by atoms with Gasteiger partial charge in [-0.3, -0.25) is 4.79 Å². The molecule has 0 unspecified atom stereocenters. The summed E-state index contributed by atoms with van der Waals surface area (Å²) in [4.78, 5) is 14.4. The Bertz CT molecular complexity index is 861. The number of hydrogen-bond donors (Lipinski definition) is 1. The molecule has 110 valence electrons. The topological polar surface area (TPSA) is 46.3 Å². The lowest BCUT2D eigenvalue weighted by atomic mass is 10.1. The predicted molar refractivity (Wildman–Crippen MR) is 95.2 cm³/mol. The zero-order chi connectivity index (χ0) is 15.7. The maximum absolute atomic E-state index is 12.8. The Morgan fingerprint density at radius 1 is 1.00 bits per heavy atom. The number of nitrogens with zero attached hydrogens (tertiary/aromatic N) is 1. The Labute approximate surface area is 137 Å². The van der Waals surface area contributed by atoms with Crippen LogP contribution in [-0.2, 0) is 0 Å². The van der Waals surface area contributed by atoms with E-state index in [1.54, 1.807) is 24.1 Å². The smallest absolute Gasteiger partial charge is 0.260 e. The number of carbonyl (C=O) groups is 1. The van der Waals surface area contributed by atoms with E-state index in [4.69, 9.17) is 5.73 Å². The molecule has 3 nitrogen and oxygen atoms in total. The van der Waals surface area contributed by atoms with Crippen LogP contribution >= 0.6 is 15.9 Å². The molecule has 0 aliphatic rings. The first kappa shape index (κ1) is 14.6. The van der Waals surface area contributed by atoms with Gasteiger partial charge in [0.25, 0.3) is 5.91 Å². The van der Waals surface area contributed by atoms with Crippen molar-refractivity contribution in [2.75, 3.05) is 17.7 Å². The lowest BCUT2D eigenvalue weighted by molar-refractivity contribution is 0.0994. The minimum atomic E-state index is -0.129. The standard InChI is InChI=1S/C18H15BrN2O/c1-21(18(22)14-8-4-5-9-16(14)20)17-13-7-3-2-6-12(13)10-11-15(17)19/h2-11H,20H2,1H3.